The Hall–Kier alpha value is -1.81. The molecular formula is C15H22N4. The molecule has 0 bridgehead atoms. The minimum absolute atomic E-state index is 0.875. The second-order valence-corrected chi connectivity index (χ2v) is 4.74. The van der Waals surface area contributed by atoms with Crippen LogP contribution in [0.3, 0.4) is 0 Å². The van der Waals surface area contributed by atoms with Gasteiger partial charge in [-0.2, -0.15) is 0 Å². The average Bonchev–Trinajstić information content (AvgIpc) is 2.82. The number of hydrogen-bond donors (Lipinski definition) is 1. The highest BCUT2D eigenvalue weighted by molar-refractivity contribution is 5.46. The summed E-state index contributed by atoms with van der Waals surface area (Å²) in [7, 11) is 0. The van der Waals surface area contributed by atoms with Crippen LogP contribution in [-0.4, -0.2) is 27.5 Å². The molecule has 4 heteroatoms. The molecule has 1 aromatic carbocycles. The van der Waals surface area contributed by atoms with E-state index in [1.54, 1.807) is 0 Å². The zero-order valence-electron chi connectivity index (χ0n) is 11.7. The van der Waals surface area contributed by atoms with Crippen LogP contribution in [0.15, 0.2) is 36.7 Å². The van der Waals surface area contributed by atoms with Gasteiger partial charge in [0.25, 0.3) is 0 Å². The van der Waals surface area contributed by atoms with Gasteiger partial charge in [0.2, 0.25) is 0 Å². The number of hydrogen-bond acceptors (Lipinski definition) is 3. The summed E-state index contributed by atoms with van der Waals surface area (Å²) >= 11 is 0. The van der Waals surface area contributed by atoms with Crippen LogP contribution in [0.25, 0.3) is 0 Å². The summed E-state index contributed by atoms with van der Waals surface area (Å²) in [6, 6.07) is 8.08. The first-order valence-corrected chi connectivity index (χ1v) is 6.74. The van der Waals surface area contributed by atoms with Crippen molar-refractivity contribution in [2.75, 3.05) is 18.8 Å². The summed E-state index contributed by atoms with van der Waals surface area (Å²) in [5.74, 6) is 1.07. The van der Waals surface area contributed by atoms with Gasteiger partial charge < -0.3 is 10.3 Å². The standard InChI is InChI=1S/C15H22N4/c1-3-18(10-11-19-9-8-17-13(19)2)12-14-6-4-5-7-15(14)16/h4-9H,3,10-12,16H2,1-2H3. The van der Waals surface area contributed by atoms with E-state index in [9.17, 15) is 0 Å². The lowest BCUT2D eigenvalue weighted by Gasteiger charge is -2.21. The fourth-order valence-electron chi connectivity index (χ4n) is 2.16. The number of imidazole rings is 1. The number of nitrogen functional groups attached to an aromatic ring is 1. The molecule has 0 atom stereocenters. The van der Waals surface area contributed by atoms with Gasteiger partial charge in [-0.05, 0) is 25.1 Å². The first-order valence-electron chi connectivity index (χ1n) is 6.74. The number of rotatable bonds is 6. The van der Waals surface area contributed by atoms with Crippen LogP contribution in [0.1, 0.15) is 18.3 Å². The average molecular weight is 258 g/mol. The number of anilines is 1. The van der Waals surface area contributed by atoms with Gasteiger partial charge in [-0.15, -0.1) is 0 Å². The van der Waals surface area contributed by atoms with Gasteiger partial charge in [0.1, 0.15) is 5.82 Å². The van der Waals surface area contributed by atoms with Crippen molar-refractivity contribution >= 4 is 5.69 Å². The third-order valence-corrected chi connectivity index (χ3v) is 3.48. The zero-order valence-corrected chi connectivity index (χ0v) is 11.7. The molecule has 0 aliphatic rings. The highest BCUT2D eigenvalue weighted by Crippen LogP contribution is 2.13. The van der Waals surface area contributed by atoms with Crippen molar-refractivity contribution in [3.8, 4) is 0 Å². The van der Waals surface area contributed by atoms with Gasteiger partial charge in [0.05, 0.1) is 0 Å². The Balaban J connectivity index is 1.94. The molecule has 19 heavy (non-hydrogen) atoms. The minimum Gasteiger partial charge on any atom is -0.398 e. The van der Waals surface area contributed by atoms with Crippen molar-refractivity contribution in [3.05, 3.63) is 48.0 Å². The lowest BCUT2D eigenvalue weighted by molar-refractivity contribution is 0.267. The molecule has 0 fully saturated rings. The van der Waals surface area contributed by atoms with Gasteiger partial charge >= 0.3 is 0 Å². The second kappa shape index (κ2) is 6.38. The Morgan fingerprint density at radius 3 is 2.74 bits per heavy atom. The third-order valence-electron chi connectivity index (χ3n) is 3.48. The zero-order chi connectivity index (χ0) is 13.7. The Labute approximate surface area is 114 Å². The van der Waals surface area contributed by atoms with E-state index in [-0.39, 0.29) is 0 Å². The summed E-state index contributed by atoms with van der Waals surface area (Å²) < 4.78 is 2.18. The summed E-state index contributed by atoms with van der Waals surface area (Å²) in [6.07, 6.45) is 3.88. The molecule has 102 valence electrons. The van der Waals surface area contributed by atoms with Crippen molar-refractivity contribution in [2.24, 2.45) is 0 Å². The SMILES string of the molecule is CCN(CCn1ccnc1C)Cc1ccccc1N. The van der Waals surface area contributed by atoms with Gasteiger partial charge in [-0.25, -0.2) is 4.98 Å². The summed E-state index contributed by atoms with van der Waals surface area (Å²) in [5.41, 5.74) is 8.07. The molecule has 0 saturated heterocycles. The Morgan fingerprint density at radius 2 is 2.11 bits per heavy atom. The maximum atomic E-state index is 6.00. The largest absolute Gasteiger partial charge is 0.398 e. The molecular weight excluding hydrogens is 236 g/mol. The maximum absolute atomic E-state index is 6.00. The van der Waals surface area contributed by atoms with Crippen LogP contribution in [-0.2, 0) is 13.1 Å². The van der Waals surface area contributed by atoms with E-state index in [0.29, 0.717) is 0 Å². The van der Waals surface area contributed by atoms with E-state index < -0.39 is 0 Å². The molecule has 2 rings (SSSR count). The fourth-order valence-corrected chi connectivity index (χ4v) is 2.16. The molecule has 0 aliphatic carbocycles. The highest BCUT2D eigenvalue weighted by atomic mass is 15.2. The number of aromatic nitrogens is 2. The first kappa shape index (κ1) is 13.6. The lowest BCUT2D eigenvalue weighted by atomic mass is 10.1. The smallest absolute Gasteiger partial charge is 0.105 e. The van der Waals surface area contributed by atoms with Crippen molar-refractivity contribution < 1.29 is 0 Å². The van der Waals surface area contributed by atoms with Crippen LogP contribution in [0.2, 0.25) is 0 Å². The Bertz CT molecular complexity index is 518. The number of aryl methyl sites for hydroxylation is 1. The maximum Gasteiger partial charge on any atom is 0.105 e. The van der Waals surface area contributed by atoms with Gasteiger partial charge in [-0.3, -0.25) is 4.90 Å². The van der Waals surface area contributed by atoms with Crippen molar-refractivity contribution in [2.45, 2.75) is 26.9 Å². The van der Waals surface area contributed by atoms with E-state index in [4.69, 9.17) is 5.73 Å². The van der Waals surface area contributed by atoms with Crippen LogP contribution < -0.4 is 5.73 Å². The Morgan fingerprint density at radius 1 is 1.32 bits per heavy atom. The molecule has 1 aromatic heterocycles. The Kier molecular flexibility index (Phi) is 4.58. The molecule has 0 spiro atoms. The number of nitrogens with two attached hydrogens (primary N) is 1. The number of benzene rings is 1. The van der Waals surface area contributed by atoms with E-state index in [2.05, 4.69) is 27.4 Å². The lowest BCUT2D eigenvalue weighted by Crippen LogP contribution is -2.27. The normalized spacial score (nSPS) is 11.1. The second-order valence-electron chi connectivity index (χ2n) is 4.74. The van der Waals surface area contributed by atoms with Crippen molar-refractivity contribution in [1.82, 2.24) is 14.5 Å². The van der Waals surface area contributed by atoms with Crippen LogP contribution in [0, 0.1) is 6.92 Å². The van der Waals surface area contributed by atoms with E-state index in [1.807, 2.05) is 37.5 Å². The molecule has 2 N–H and O–H groups in total. The summed E-state index contributed by atoms with van der Waals surface area (Å²) in [6.45, 7) is 8.10. The molecule has 0 aliphatic heterocycles. The predicted molar refractivity (Wildman–Crippen MR) is 78.8 cm³/mol. The fraction of sp³-hybridized carbons (Fsp3) is 0.400. The minimum atomic E-state index is 0.875. The topological polar surface area (TPSA) is 47.1 Å². The molecule has 1 heterocycles. The molecule has 0 radical (unpaired) electrons. The van der Waals surface area contributed by atoms with E-state index >= 15 is 0 Å². The molecule has 0 unspecified atom stereocenters. The third kappa shape index (κ3) is 3.58. The molecule has 0 saturated carbocycles. The summed E-state index contributed by atoms with van der Waals surface area (Å²) in [5, 5.41) is 0. The van der Waals surface area contributed by atoms with Gasteiger partial charge in [-0.1, -0.05) is 25.1 Å². The highest BCUT2D eigenvalue weighted by Gasteiger charge is 2.06. The van der Waals surface area contributed by atoms with E-state index in [1.165, 1.54) is 5.56 Å². The molecule has 2 aromatic rings. The number of nitrogens with zero attached hydrogens (tertiary/aromatic N) is 3. The van der Waals surface area contributed by atoms with Crippen LogP contribution in [0.4, 0.5) is 5.69 Å². The van der Waals surface area contributed by atoms with E-state index in [0.717, 1.165) is 37.7 Å². The number of likely N-dealkylation sites (N-methyl/N-ethyl adjacent to an activating group) is 1. The first-order chi connectivity index (χ1) is 9.20. The monoisotopic (exact) mass is 258 g/mol. The predicted octanol–water partition coefficient (Wildman–Crippen LogP) is 2.30. The van der Waals surface area contributed by atoms with Crippen LogP contribution >= 0.6 is 0 Å². The molecule has 0 amide bonds. The molecule has 4 nitrogen and oxygen atoms in total. The van der Waals surface area contributed by atoms with Crippen molar-refractivity contribution in [3.63, 3.8) is 0 Å². The quantitative estimate of drug-likeness (QED) is 0.809. The van der Waals surface area contributed by atoms with Crippen LogP contribution in [0.5, 0.6) is 0 Å². The summed E-state index contributed by atoms with van der Waals surface area (Å²) in [4.78, 5) is 6.64. The number of para-hydroxylation sites is 1. The van der Waals surface area contributed by atoms with Gasteiger partial charge in [0.15, 0.2) is 0 Å². The van der Waals surface area contributed by atoms with Gasteiger partial charge in [0, 0.05) is 37.7 Å². The van der Waals surface area contributed by atoms with Crippen molar-refractivity contribution in [1.29, 1.82) is 0 Å².